The Labute approximate surface area is 519 Å². The van der Waals surface area contributed by atoms with Crippen LogP contribution >= 0.6 is 0 Å². The molecule has 0 aromatic heterocycles. The first-order valence-corrected chi connectivity index (χ1v) is 30.3. The molecule has 490 valence electrons. The van der Waals surface area contributed by atoms with Crippen LogP contribution in [0.5, 0.6) is 0 Å². The van der Waals surface area contributed by atoms with Crippen molar-refractivity contribution in [2.45, 2.75) is 199 Å². The van der Waals surface area contributed by atoms with Crippen molar-refractivity contribution in [1.82, 2.24) is 30.7 Å². The summed E-state index contributed by atoms with van der Waals surface area (Å²) in [6.45, 7) is 14.9. The first-order chi connectivity index (χ1) is 42.0. The molecule has 2 fully saturated rings. The Balaban J connectivity index is 1.08. The third kappa shape index (κ3) is 22.6. The number of ether oxygens (including phenoxy) is 5. The molecule has 0 bridgehead atoms. The summed E-state index contributed by atoms with van der Waals surface area (Å²) in [6, 6.07) is 2.70. The maximum absolute atomic E-state index is 13.9. The first-order valence-electron chi connectivity index (χ1n) is 30.3. The Hall–Kier alpha value is -7.81. The number of aldehydes is 1. The van der Waals surface area contributed by atoms with Crippen LogP contribution < -0.4 is 21.3 Å². The lowest BCUT2D eigenvalue weighted by Gasteiger charge is -2.39. The SMILES string of the molecule is CC[C@H](O)[C@@H](C)[C@H]1O[C@@H]1CC(C)(O)/C=C/C=C(\C)[C@H]1OC(=O)C[C@H](O)CC[C@@](C)(OC(=O)N2CCN(C(=O)OCc3ccc(NC(=O)[C@H](CC=O)NC(=O)[C@H](C)NC(=O)[C@H](C)NC(=O)CCCCCN4C(=O)C=CC4=O)cc3)CC2)[C@@H](OC(C)=O)/C=C/[C@@H]1C. The lowest BCUT2D eigenvalue weighted by Crippen LogP contribution is -2.54. The number of carbonyl (C=O) groups is 11. The second-order valence-electron chi connectivity index (χ2n) is 23.7. The van der Waals surface area contributed by atoms with Gasteiger partial charge in [0.25, 0.3) is 11.8 Å². The van der Waals surface area contributed by atoms with Crippen LogP contribution in [0.25, 0.3) is 0 Å². The van der Waals surface area contributed by atoms with Crippen molar-refractivity contribution in [3.05, 3.63) is 77.9 Å². The van der Waals surface area contributed by atoms with E-state index in [4.69, 9.17) is 23.7 Å². The molecule has 5 rings (SSSR count). The molecule has 1 unspecified atom stereocenters. The number of piperazine rings is 1. The van der Waals surface area contributed by atoms with Gasteiger partial charge in [-0.1, -0.05) is 63.6 Å². The zero-order valence-electron chi connectivity index (χ0n) is 52.3. The van der Waals surface area contributed by atoms with Crippen molar-refractivity contribution >= 4 is 71.5 Å². The number of epoxide rings is 1. The van der Waals surface area contributed by atoms with Crippen molar-refractivity contribution in [2.75, 3.05) is 38.0 Å². The molecule has 13 atom stereocenters. The lowest BCUT2D eigenvalue weighted by atomic mass is 9.88. The van der Waals surface area contributed by atoms with Crippen LogP contribution in [-0.2, 0) is 73.4 Å². The topological polar surface area (TPSA) is 356 Å². The van der Waals surface area contributed by atoms with E-state index in [0.717, 1.165) is 4.90 Å². The van der Waals surface area contributed by atoms with Crippen molar-refractivity contribution in [1.29, 1.82) is 0 Å². The number of unbranched alkanes of at least 4 members (excludes halogenated alkanes) is 2. The number of imide groups is 1. The number of aliphatic hydroxyl groups excluding tert-OH is 2. The number of carbonyl (C=O) groups excluding carboxylic acids is 11. The summed E-state index contributed by atoms with van der Waals surface area (Å²) in [5.41, 5.74) is -1.37. The van der Waals surface area contributed by atoms with Gasteiger partial charge in [-0.2, -0.15) is 0 Å². The normalized spacial score (nSPS) is 25.1. The minimum absolute atomic E-state index is 0.0334. The Morgan fingerprint density at radius 3 is 2.12 bits per heavy atom. The molecule has 1 aromatic rings. The summed E-state index contributed by atoms with van der Waals surface area (Å²) in [5, 5.41) is 42.6. The van der Waals surface area contributed by atoms with Crippen LogP contribution in [0.15, 0.2) is 72.4 Å². The number of esters is 2. The maximum Gasteiger partial charge on any atom is 0.410 e. The van der Waals surface area contributed by atoms with E-state index in [9.17, 15) is 68.1 Å². The van der Waals surface area contributed by atoms with Crippen LogP contribution in [0, 0.1) is 11.8 Å². The monoisotopic (exact) mass is 1250 g/mol. The van der Waals surface area contributed by atoms with Gasteiger partial charge in [-0.3, -0.25) is 43.3 Å². The summed E-state index contributed by atoms with van der Waals surface area (Å²) in [6.07, 6.45) is 7.19. The van der Waals surface area contributed by atoms with Gasteiger partial charge in [0.15, 0.2) is 11.7 Å². The van der Waals surface area contributed by atoms with E-state index in [-0.39, 0.29) is 101 Å². The molecule has 89 heavy (non-hydrogen) atoms. The van der Waals surface area contributed by atoms with Crippen LogP contribution in [0.1, 0.15) is 132 Å². The Morgan fingerprint density at radius 1 is 0.865 bits per heavy atom. The van der Waals surface area contributed by atoms with Crippen LogP contribution in [0.4, 0.5) is 15.3 Å². The molecular weight excluding hydrogens is 1160 g/mol. The number of hydrogen-bond acceptors (Lipinski definition) is 19. The molecular formula is C63H89N7O19. The molecule has 2 saturated heterocycles. The summed E-state index contributed by atoms with van der Waals surface area (Å²) in [5.74, 6) is -5.31. The quantitative estimate of drug-likeness (QED) is 0.00964. The molecule has 0 radical (unpaired) electrons. The smallest absolute Gasteiger partial charge is 0.410 e. The van der Waals surface area contributed by atoms with Gasteiger partial charge in [0.05, 0.1) is 36.4 Å². The molecule has 26 nitrogen and oxygen atoms in total. The number of nitrogens with zero attached hydrogens (tertiary/aromatic N) is 3. The molecule has 8 amide bonds. The largest absolute Gasteiger partial charge is 0.457 e. The number of cyclic esters (lactones) is 1. The standard InChI is InChI=1S/C63H89N7O19/c1-10-48(74)40(4)56-49(87-56)36-62(8,84)27-14-15-38(2)55-39(3)17-22-50(86-43(7)72)63(9,28-25-46(73)35-54(78)88-55)89-61(83)69-32-30-68(31-33-69)60(82)85-37-44-18-20-45(21-19-44)66-59(81)47(26-34-71)67-58(80)42(6)65-57(79)41(5)64-51(75)16-12-11-13-29-70-52(76)23-24-53(70)77/h14-15,17-24,27,34,39-42,46-50,55-56,73-74,84H,10-13,16,25-26,28-33,35-37H2,1-9H3,(H,64,75)(H,65,79)(H,66,81)(H,67,80)/b22-17+,27-14+,38-15+/t39-,40+,41-,42-,46+,47-,48-,49+,50-,55+,56+,62?,63+/m0/s1. The summed E-state index contributed by atoms with van der Waals surface area (Å²) >= 11 is 0. The molecule has 0 spiro atoms. The number of anilines is 1. The first kappa shape index (κ1) is 71.9. The van der Waals surface area contributed by atoms with Crippen LogP contribution in [0.3, 0.4) is 0 Å². The zero-order chi connectivity index (χ0) is 65.8. The Bertz CT molecular complexity index is 2790. The number of nitrogens with one attached hydrogen (secondary N) is 4. The minimum Gasteiger partial charge on any atom is -0.457 e. The number of benzene rings is 1. The van der Waals surface area contributed by atoms with Crippen LogP contribution in [-0.4, -0.2) is 195 Å². The molecule has 0 aliphatic carbocycles. The molecule has 4 aliphatic heterocycles. The van der Waals surface area contributed by atoms with Gasteiger partial charge in [-0.05, 0) is 96.1 Å². The fourth-order valence-electron chi connectivity index (χ4n) is 10.4. The molecule has 4 aliphatic rings. The van der Waals surface area contributed by atoms with Gasteiger partial charge in [0.2, 0.25) is 23.6 Å². The molecule has 1 aromatic carbocycles. The summed E-state index contributed by atoms with van der Waals surface area (Å²) in [7, 11) is 0. The predicted molar refractivity (Wildman–Crippen MR) is 321 cm³/mol. The minimum atomic E-state index is -1.55. The highest BCUT2D eigenvalue weighted by atomic mass is 16.6. The summed E-state index contributed by atoms with van der Waals surface area (Å²) < 4.78 is 29.2. The maximum atomic E-state index is 13.9. The van der Waals surface area contributed by atoms with Gasteiger partial charge >= 0.3 is 24.1 Å². The van der Waals surface area contributed by atoms with Gasteiger partial charge in [-0.25, -0.2) is 9.59 Å². The van der Waals surface area contributed by atoms with Gasteiger partial charge < -0.3 is 74.9 Å². The number of allylic oxidation sites excluding steroid dienone is 2. The number of rotatable bonds is 27. The fourth-order valence-corrected chi connectivity index (χ4v) is 10.4. The average molecular weight is 1250 g/mol. The van der Waals surface area contributed by atoms with Gasteiger partial charge in [0, 0.05) is 88.6 Å². The lowest BCUT2D eigenvalue weighted by molar-refractivity contribution is -0.158. The van der Waals surface area contributed by atoms with E-state index in [2.05, 4.69) is 21.3 Å². The summed E-state index contributed by atoms with van der Waals surface area (Å²) in [4.78, 5) is 143. The molecule has 7 N–H and O–H groups in total. The number of amides is 8. The fraction of sp³-hybridized carbons (Fsp3) is 0.603. The molecule has 4 heterocycles. The van der Waals surface area contributed by atoms with Crippen LogP contribution in [0.2, 0.25) is 0 Å². The van der Waals surface area contributed by atoms with Crippen molar-refractivity contribution in [2.24, 2.45) is 11.8 Å². The molecule has 0 saturated carbocycles. The van der Waals surface area contributed by atoms with E-state index in [0.29, 0.717) is 49.5 Å². The van der Waals surface area contributed by atoms with Crippen molar-refractivity contribution in [3.63, 3.8) is 0 Å². The van der Waals surface area contributed by atoms with E-state index in [1.807, 2.05) is 13.8 Å². The van der Waals surface area contributed by atoms with Gasteiger partial charge in [0.1, 0.15) is 37.1 Å². The van der Waals surface area contributed by atoms with E-state index < -0.39 is 114 Å². The predicted octanol–water partition coefficient (Wildman–Crippen LogP) is 3.74. The van der Waals surface area contributed by atoms with E-state index >= 15 is 0 Å². The zero-order valence-corrected chi connectivity index (χ0v) is 52.3. The van der Waals surface area contributed by atoms with Crippen molar-refractivity contribution < 1.29 is 91.7 Å². The number of aliphatic hydroxyl groups is 3. The average Bonchev–Trinajstić information content (AvgIpc) is 1.92. The highest BCUT2D eigenvalue weighted by molar-refractivity contribution is 6.12. The highest BCUT2D eigenvalue weighted by Gasteiger charge is 2.47. The third-order valence-corrected chi connectivity index (χ3v) is 16.0. The molecule has 26 heteroatoms. The van der Waals surface area contributed by atoms with E-state index in [1.165, 1.54) is 54.9 Å². The third-order valence-electron chi connectivity index (χ3n) is 16.0. The Kier molecular flexibility index (Phi) is 27.2. The number of hydrogen-bond donors (Lipinski definition) is 7. The second kappa shape index (κ2) is 33.7. The highest BCUT2D eigenvalue weighted by Crippen LogP contribution is 2.38. The van der Waals surface area contributed by atoms with E-state index in [1.54, 1.807) is 70.2 Å². The van der Waals surface area contributed by atoms with Crippen molar-refractivity contribution in [3.8, 4) is 0 Å². The Morgan fingerprint density at radius 2 is 1.49 bits per heavy atom. The second-order valence-corrected chi connectivity index (χ2v) is 23.7. The van der Waals surface area contributed by atoms with Gasteiger partial charge in [-0.15, -0.1) is 0 Å².